The van der Waals surface area contributed by atoms with Crippen LogP contribution in [-0.4, -0.2) is 36.5 Å². The van der Waals surface area contributed by atoms with Crippen LogP contribution >= 0.6 is 0 Å². The van der Waals surface area contributed by atoms with E-state index in [1.807, 2.05) is 49.4 Å². The van der Waals surface area contributed by atoms with Crippen molar-refractivity contribution >= 4 is 16.8 Å². The zero-order valence-electron chi connectivity index (χ0n) is 15.9. The molecule has 1 heterocycles. The van der Waals surface area contributed by atoms with E-state index in [-0.39, 0.29) is 11.9 Å². The quantitative estimate of drug-likeness (QED) is 0.663. The number of benzene rings is 2. The Hall–Kier alpha value is -3.02. The average Bonchev–Trinajstić information content (AvgIpc) is 3.12. The van der Waals surface area contributed by atoms with E-state index in [4.69, 9.17) is 9.47 Å². The van der Waals surface area contributed by atoms with Crippen molar-refractivity contribution in [3.8, 4) is 11.5 Å². The van der Waals surface area contributed by atoms with Crippen molar-refractivity contribution in [1.82, 2.24) is 15.1 Å². The highest BCUT2D eigenvalue weighted by atomic mass is 16.5. The topological polar surface area (TPSA) is 65.4 Å². The van der Waals surface area contributed by atoms with E-state index in [2.05, 4.69) is 10.4 Å². The largest absolute Gasteiger partial charge is 0.493 e. The molecule has 142 valence electrons. The Balaban J connectivity index is 1.64. The molecule has 1 atom stereocenters. The Labute approximate surface area is 159 Å². The van der Waals surface area contributed by atoms with Crippen molar-refractivity contribution in [1.29, 1.82) is 0 Å². The second kappa shape index (κ2) is 8.58. The Morgan fingerprint density at radius 1 is 1.15 bits per heavy atom. The fourth-order valence-corrected chi connectivity index (χ4v) is 3.19. The normalized spacial score (nSPS) is 12.0. The van der Waals surface area contributed by atoms with Gasteiger partial charge in [0.1, 0.15) is 6.04 Å². The van der Waals surface area contributed by atoms with Gasteiger partial charge in [-0.15, -0.1) is 0 Å². The SMILES string of the molecule is CCC(C(=O)NCCc1ccc(OC)c(OC)c1)n1ncc2ccccc21. The van der Waals surface area contributed by atoms with E-state index < -0.39 is 0 Å². The highest BCUT2D eigenvalue weighted by Gasteiger charge is 2.20. The molecule has 6 nitrogen and oxygen atoms in total. The fraction of sp³-hybridized carbons (Fsp3) is 0.333. The number of methoxy groups -OCH3 is 2. The van der Waals surface area contributed by atoms with Crippen molar-refractivity contribution in [2.75, 3.05) is 20.8 Å². The van der Waals surface area contributed by atoms with Crippen molar-refractivity contribution < 1.29 is 14.3 Å². The summed E-state index contributed by atoms with van der Waals surface area (Å²) in [6.07, 6.45) is 3.19. The Morgan fingerprint density at radius 3 is 2.67 bits per heavy atom. The zero-order chi connectivity index (χ0) is 19.2. The standard InChI is InChI=1S/C21H25N3O3/c1-4-17(24-18-8-6-5-7-16(18)14-23-24)21(25)22-12-11-15-9-10-19(26-2)20(13-15)27-3/h5-10,13-14,17H,4,11-12H2,1-3H3,(H,22,25). The summed E-state index contributed by atoms with van der Waals surface area (Å²) < 4.78 is 12.4. The lowest BCUT2D eigenvalue weighted by Crippen LogP contribution is -2.34. The third-order valence-corrected chi connectivity index (χ3v) is 4.65. The molecular formula is C21H25N3O3. The van der Waals surface area contributed by atoms with Crippen molar-refractivity contribution in [2.45, 2.75) is 25.8 Å². The van der Waals surface area contributed by atoms with Crippen LogP contribution in [-0.2, 0) is 11.2 Å². The molecule has 6 heteroatoms. The van der Waals surface area contributed by atoms with Crippen LogP contribution in [0.2, 0.25) is 0 Å². The van der Waals surface area contributed by atoms with Crippen LogP contribution in [0.4, 0.5) is 0 Å². The number of nitrogens with one attached hydrogen (secondary N) is 1. The molecule has 1 N–H and O–H groups in total. The minimum atomic E-state index is -0.324. The number of aromatic nitrogens is 2. The summed E-state index contributed by atoms with van der Waals surface area (Å²) in [5, 5.41) is 8.49. The fourth-order valence-electron chi connectivity index (χ4n) is 3.19. The van der Waals surface area contributed by atoms with Gasteiger partial charge in [0.05, 0.1) is 25.9 Å². The van der Waals surface area contributed by atoms with Gasteiger partial charge in [-0.25, -0.2) is 0 Å². The summed E-state index contributed by atoms with van der Waals surface area (Å²) in [5.74, 6) is 1.37. The summed E-state index contributed by atoms with van der Waals surface area (Å²) in [6, 6.07) is 13.4. The first-order valence-corrected chi connectivity index (χ1v) is 9.08. The predicted molar refractivity (Wildman–Crippen MR) is 105 cm³/mol. The Bertz CT molecular complexity index is 920. The summed E-state index contributed by atoms with van der Waals surface area (Å²) in [6.45, 7) is 2.54. The number of carbonyl (C=O) groups excluding carboxylic acids is 1. The Kier molecular flexibility index (Phi) is 5.96. The first-order chi connectivity index (χ1) is 13.2. The van der Waals surface area contributed by atoms with E-state index >= 15 is 0 Å². The van der Waals surface area contributed by atoms with Crippen LogP contribution < -0.4 is 14.8 Å². The van der Waals surface area contributed by atoms with Gasteiger partial charge in [-0.3, -0.25) is 9.48 Å². The van der Waals surface area contributed by atoms with Crippen LogP contribution in [0, 0.1) is 0 Å². The van der Waals surface area contributed by atoms with E-state index in [0.29, 0.717) is 30.9 Å². The highest BCUT2D eigenvalue weighted by Crippen LogP contribution is 2.27. The van der Waals surface area contributed by atoms with Gasteiger partial charge in [-0.2, -0.15) is 5.10 Å². The molecule has 27 heavy (non-hydrogen) atoms. The van der Waals surface area contributed by atoms with E-state index in [1.54, 1.807) is 25.1 Å². The molecule has 0 aliphatic rings. The zero-order valence-corrected chi connectivity index (χ0v) is 15.9. The summed E-state index contributed by atoms with van der Waals surface area (Å²) in [5.41, 5.74) is 2.05. The molecule has 2 aromatic carbocycles. The third kappa shape index (κ3) is 4.05. The average molecular weight is 367 g/mol. The molecule has 3 rings (SSSR count). The molecule has 0 fully saturated rings. The van der Waals surface area contributed by atoms with Crippen LogP contribution in [0.25, 0.3) is 10.9 Å². The number of amides is 1. The van der Waals surface area contributed by atoms with Crippen molar-refractivity contribution in [3.63, 3.8) is 0 Å². The van der Waals surface area contributed by atoms with Crippen molar-refractivity contribution in [2.24, 2.45) is 0 Å². The lowest BCUT2D eigenvalue weighted by molar-refractivity contribution is -0.124. The third-order valence-electron chi connectivity index (χ3n) is 4.65. The second-order valence-corrected chi connectivity index (χ2v) is 6.30. The minimum absolute atomic E-state index is 0.0215. The molecule has 1 amide bonds. The van der Waals surface area contributed by atoms with E-state index in [9.17, 15) is 4.79 Å². The molecule has 0 saturated heterocycles. The van der Waals surface area contributed by atoms with Crippen LogP contribution in [0.3, 0.4) is 0 Å². The molecule has 1 aromatic heterocycles. The molecule has 0 aliphatic carbocycles. The number of hydrogen-bond acceptors (Lipinski definition) is 4. The lowest BCUT2D eigenvalue weighted by atomic mass is 10.1. The molecule has 0 spiro atoms. The van der Waals surface area contributed by atoms with Gasteiger partial charge in [0.15, 0.2) is 11.5 Å². The summed E-state index contributed by atoms with van der Waals surface area (Å²) in [4.78, 5) is 12.7. The van der Waals surface area contributed by atoms with E-state index in [1.165, 1.54) is 0 Å². The maximum Gasteiger partial charge on any atom is 0.244 e. The number of para-hydroxylation sites is 1. The minimum Gasteiger partial charge on any atom is -0.493 e. The number of fused-ring (bicyclic) bond motifs is 1. The van der Waals surface area contributed by atoms with E-state index in [0.717, 1.165) is 16.5 Å². The first kappa shape index (κ1) is 18.8. The van der Waals surface area contributed by atoms with Gasteiger partial charge in [0, 0.05) is 11.9 Å². The second-order valence-electron chi connectivity index (χ2n) is 6.30. The molecule has 0 radical (unpaired) electrons. The van der Waals surface area contributed by atoms with Crippen LogP contribution in [0.1, 0.15) is 24.9 Å². The highest BCUT2D eigenvalue weighted by molar-refractivity contribution is 5.84. The predicted octanol–water partition coefficient (Wildman–Crippen LogP) is 3.36. The number of nitrogens with zero attached hydrogens (tertiary/aromatic N) is 2. The van der Waals surface area contributed by atoms with Crippen LogP contribution in [0.5, 0.6) is 11.5 Å². The number of rotatable bonds is 8. The molecule has 0 aliphatic heterocycles. The van der Waals surface area contributed by atoms with Gasteiger partial charge in [-0.05, 0) is 36.6 Å². The molecule has 0 bridgehead atoms. The molecular weight excluding hydrogens is 342 g/mol. The first-order valence-electron chi connectivity index (χ1n) is 9.08. The summed E-state index contributed by atoms with van der Waals surface area (Å²) >= 11 is 0. The van der Waals surface area contributed by atoms with Gasteiger partial charge >= 0.3 is 0 Å². The molecule has 3 aromatic rings. The molecule has 0 saturated carbocycles. The number of ether oxygens (including phenoxy) is 2. The lowest BCUT2D eigenvalue weighted by Gasteiger charge is -2.17. The van der Waals surface area contributed by atoms with Gasteiger partial charge < -0.3 is 14.8 Å². The monoisotopic (exact) mass is 367 g/mol. The maximum absolute atomic E-state index is 12.7. The number of hydrogen-bond donors (Lipinski definition) is 1. The van der Waals surface area contributed by atoms with Crippen molar-refractivity contribution in [3.05, 3.63) is 54.2 Å². The smallest absolute Gasteiger partial charge is 0.244 e. The molecule has 1 unspecified atom stereocenters. The van der Waals surface area contributed by atoms with Gasteiger partial charge in [0.2, 0.25) is 5.91 Å². The Morgan fingerprint density at radius 2 is 1.93 bits per heavy atom. The van der Waals surface area contributed by atoms with Crippen LogP contribution in [0.15, 0.2) is 48.7 Å². The van der Waals surface area contributed by atoms with Gasteiger partial charge in [-0.1, -0.05) is 31.2 Å². The number of carbonyl (C=O) groups is 1. The summed E-state index contributed by atoms with van der Waals surface area (Å²) in [7, 11) is 3.23. The van der Waals surface area contributed by atoms with Gasteiger partial charge in [0.25, 0.3) is 0 Å². The maximum atomic E-state index is 12.7.